The van der Waals surface area contributed by atoms with Crippen LogP contribution in [-0.4, -0.2) is 29.8 Å². The number of aliphatic hydroxyl groups excluding tert-OH is 1. The SMILES string of the molecule is CCN(CCCO)c1ncccc1C. The van der Waals surface area contributed by atoms with Crippen LogP contribution < -0.4 is 4.90 Å². The molecule has 0 saturated heterocycles. The Kier molecular flexibility index (Phi) is 4.40. The van der Waals surface area contributed by atoms with Gasteiger partial charge in [0.05, 0.1) is 0 Å². The largest absolute Gasteiger partial charge is 0.396 e. The number of aliphatic hydroxyl groups is 1. The highest BCUT2D eigenvalue weighted by molar-refractivity contribution is 5.45. The van der Waals surface area contributed by atoms with Crippen LogP contribution in [0.25, 0.3) is 0 Å². The highest BCUT2D eigenvalue weighted by atomic mass is 16.3. The van der Waals surface area contributed by atoms with Crippen LogP contribution in [0.5, 0.6) is 0 Å². The fourth-order valence-corrected chi connectivity index (χ4v) is 1.48. The summed E-state index contributed by atoms with van der Waals surface area (Å²) >= 11 is 0. The summed E-state index contributed by atoms with van der Waals surface area (Å²) in [6.07, 6.45) is 2.60. The zero-order valence-corrected chi connectivity index (χ0v) is 8.90. The van der Waals surface area contributed by atoms with Gasteiger partial charge >= 0.3 is 0 Å². The van der Waals surface area contributed by atoms with E-state index in [-0.39, 0.29) is 6.61 Å². The van der Waals surface area contributed by atoms with Crippen LogP contribution in [0.15, 0.2) is 18.3 Å². The van der Waals surface area contributed by atoms with E-state index in [2.05, 4.69) is 29.8 Å². The first-order chi connectivity index (χ1) is 6.79. The summed E-state index contributed by atoms with van der Waals surface area (Å²) in [5.41, 5.74) is 1.19. The average molecular weight is 194 g/mol. The summed E-state index contributed by atoms with van der Waals surface area (Å²) in [6.45, 7) is 6.19. The Hall–Kier alpha value is -1.09. The maximum Gasteiger partial charge on any atom is 0.131 e. The van der Waals surface area contributed by atoms with Crippen LogP contribution in [0.3, 0.4) is 0 Å². The van der Waals surface area contributed by atoms with Crippen LogP contribution in [0.1, 0.15) is 18.9 Å². The van der Waals surface area contributed by atoms with E-state index in [1.165, 1.54) is 5.56 Å². The van der Waals surface area contributed by atoms with Crippen molar-refractivity contribution in [3.05, 3.63) is 23.9 Å². The Morgan fingerprint density at radius 2 is 2.29 bits per heavy atom. The molecule has 1 N–H and O–H groups in total. The minimum Gasteiger partial charge on any atom is -0.396 e. The fourth-order valence-electron chi connectivity index (χ4n) is 1.48. The van der Waals surface area contributed by atoms with E-state index in [9.17, 15) is 0 Å². The summed E-state index contributed by atoms with van der Waals surface area (Å²) in [7, 11) is 0. The van der Waals surface area contributed by atoms with Crippen molar-refractivity contribution in [1.29, 1.82) is 0 Å². The van der Waals surface area contributed by atoms with Gasteiger partial charge in [0.15, 0.2) is 0 Å². The summed E-state index contributed by atoms with van der Waals surface area (Å²) in [6, 6.07) is 4.00. The van der Waals surface area contributed by atoms with E-state index in [0.29, 0.717) is 0 Å². The van der Waals surface area contributed by atoms with Gasteiger partial charge in [0.25, 0.3) is 0 Å². The van der Waals surface area contributed by atoms with Crippen molar-refractivity contribution in [2.24, 2.45) is 0 Å². The van der Waals surface area contributed by atoms with Crippen molar-refractivity contribution < 1.29 is 5.11 Å². The predicted molar refractivity (Wildman–Crippen MR) is 58.6 cm³/mol. The van der Waals surface area contributed by atoms with Gasteiger partial charge in [-0.25, -0.2) is 4.98 Å². The Morgan fingerprint density at radius 3 is 2.86 bits per heavy atom. The molecule has 0 saturated carbocycles. The lowest BCUT2D eigenvalue weighted by Crippen LogP contribution is -2.26. The Labute approximate surface area is 85.4 Å². The standard InChI is InChI=1S/C11H18N2O/c1-3-13(8-5-9-14)11-10(2)6-4-7-12-11/h4,6-7,14H,3,5,8-9H2,1-2H3. The molecule has 0 radical (unpaired) electrons. The molecule has 14 heavy (non-hydrogen) atoms. The zero-order chi connectivity index (χ0) is 10.4. The van der Waals surface area contributed by atoms with E-state index < -0.39 is 0 Å². The molecule has 0 bridgehead atoms. The van der Waals surface area contributed by atoms with Gasteiger partial charge in [-0.05, 0) is 31.9 Å². The van der Waals surface area contributed by atoms with Gasteiger partial charge in [0.1, 0.15) is 5.82 Å². The van der Waals surface area contributed by atoms with Crippen LogP contribution in [0.2, 0.25) is 0 Å². The first-order valence-electron chi connectivity index (χ1n) is 5.07. The third-order valence-electron chi connectivity index (χ3n) is 2.25. The molecular formula is C11H18N2O. The van der Waals surface area contributed by atoms with Crippen molar-refractivity contribution in [1.82, 2.24) is 4.98 Å². The molecule has 0 aliphatic carbocycles. The van der Waals surface area contributed by atoms with E-state index >= 15 is 0 Å². The van der Waals surface area contributed by atoms with Crippen molar-refractivity contribution >= 4 is 5.82 Å². The van der Waals surface area contributed by atoms with Crippen LogP contribution in [0.4, 0.5) is 5.82 Å². The highest BCUT2D eigenvalue weighted by Crippen LogP contribution is 2.15. The van der Waals surface area contributed by atoms with Gasteiger partial charge in [-0.3, -0.25) is 0 Å². The van der Waals surface area contributed by atoms with Crippen LogP contribution >= 0.6 is 0 Å². The third kappa shape index (κ3) is 2.70. The number of hydrogen-bond acceptors (Lipinski definition) is 3. The van der Waals surface area contributed by atoms with Crippen LogP contribution in [0, 0.1) is 6.92 Å². The fraction of sp³-hybridized carbons (Fsp3) is 0.545. The quantitative estimate of drug-likeness (QED) is 0.773. The minimum absolute atomic E-state index is 0.238. The van der Waals surface area contributed by atoms with Crippen molar-refractivity contribution in [2.75, 3.05) is 24.6 Å². The van der Waals surface area contributed by atoms with Gasteiger partial charge in [0, 0.05) is 25.9 Å². The molecule has 0 fully saturated rings. The highest BCUT2D eigenvalue weighted by Gasteiger charge is 2.06. The van der Waals surface area contributed by atoms with Gasteiger partial charge < -0.3 is 10.0 Å². The average Bonchev–Trinajstić information content (AvgIpc) is 2.21. The maximum atomic E-state index is 8.78. The number of anilines is 1. The Balaban J connectivity index is 2.73. The lowest BCUT2D eigenvalue weighted by molar-refractivity contribution is 0.289. The molecule has 1 aromatic rings. The number of nitrogens with zero attached hydrogens (tertiary/aromatic N) is 2. The predicted octanol–water partition coefficient (Wildman–Crippen LogP) is 1.60. The Morgan fingerprint density at radius 1 is 1.50 bits per heavy atom. The molecule has 0 unspecified atom stereocenters. The van der Waals surface area contributed by atoms with Gasteiger partial charge in [-0.1, -0.05) is 6.07 Å². The molecule has 3 nitrogen and oxygen atoms in total. The van der Waals surface area contributed by atoms with Crippen molar-refractivity contribution in [3.63, 3.8) is 0 Å². The molecule has 0 aromatic carbocycles. The van der Waals surface area contributed by atoms with Crippen molar-refractivity contribution in [2.45, 2.75) is 20.3 Å². The lowest BCUT2D eigenvalue weighted by atomic mass is 10.2. The van der Waals surface area contributed by atoms with Gasteiger partial charge in [-0.2, -0.15) is 0 Å². The number of pyridine rings is 1. The molecule has 3 heteroatoms. The third-order valence-corrected chi connectivity index (χ3v) is 2.25. The van der Waals surface area contributed by atoms with Crippen LogP contribution in [-0.2, 0) is 0 Å². The maximum absolute atomic E-state index is 8.78. The summed E-state index contributed by atoms with van der Waals surface area (Å²) in [5, 5.41) is 8.78. The molecule has 0 amide bonds. The first kappa shape index (κ1) is 11.0. The monoisotopic (exact) mass is 194 g/mol. The smallest absolute Gasteiger partial charge is 0.131 e. The molecule has 0 spiro atoms. The van der Waals surface area contributed by atoms with E-state index in [1.807, 2.05) is 12.3 Å². The molecule has 1 aromatic heterocycles. The normalized spacial score (nSPS) is 10.2. The molecular weight excluding hydrogens is 176 g/mol. The van der Waals surface area contributed by atoms with Crippen molar-refractivity contribution in [3.8, 4) is 0 Å². The number of aryl methyl sites for hydroxylation is 1. The topological polar surface area (TPSA) is 36.4 Å². The second-order valence-corrected chi connectivity index (χ2v) is 3.30. The lowest BCUT2D eigenvalue weighted by Gasteiger charge is -2.22. The number of rotatable bonds is 5. The summed E-state index contributed by atoms with van der Waals surface area (Å²) in [4.78, 5) is 6.53. The molecule has 0 atom stereocenters. The molecule has 0 aliphatic rings. The summed E-state index contributed by atoms with van der Waals surface area (Å²) < 4.78 is 0. The molecule has 1 rings (SSSR count). The number of aromatic nitrogens is 1. The first-order valence-corrected chi connectivity index (χ1v) is 5.07. The molecule has 0 aliphatic heterocycles. The molecule has 78 valence electrons. The Bertz CT molecular complexity index is 276. The number of hydrogen-bond donors (Lipinski definition) is 1. The second kappa shape index (κ2) is 5.60. The van der Waals surface area contributed by atoms with Gasteiger partial charge in [0.2, 0.25) is 0 Å². The van der Waals surface area contributed by atoms with E-state index in [0.717, 1.165) is 25.3 Å². The zero-order valence-electron chi connectivity index (χ0n) is 8.90. The van der Waals surface area contributed by atoms with E-state index in [1.54, 1.807) is 0 Å². The minimum atomic E-state index is 0.238. The van der Waals surface area contributed by atoms with Gasteiger partial charge in [-0.15, -0.1) is 0 Å². The second-order valence-electron chi connectivity index (χ2n) is 3.30. The summed E-state index contributed by atoms with van der Waals surface area (Å²) in [5.74, 6) is 1.03. The van der Waals surface area contributed by atoms with E-state index in [4.69, 9.17) is 5.11 Å². The molecule has 1 heterocycles.